The first-order chi connectivity index (χ1) is 7.50. The van der Waals surface area contributed by atoms with E-state index in [1.54, 1.807) is 0 Å². The summed E-state index contributed by atoms with van der Waals surface area (Å²) in [7, 11) is 0. The molecule has 0 saturated heterocycles. The van der Waals surface area contributed by atoms with Crippen molar-refractivity contribution < 1.29 is 13.9 Å². The zero-order valence-corrected chi connectivity index (χ0v) is 10.1. The van der Waals surface area contributed by atoms with Crippen LogP contribution in [0, 0.1) is 17.6 Å². The molecule has 2 rings (SSSR count). The van der Waals surface area contributed by atoms with Crippen LogP contribution in [0.25, 0.3) is 0 Å². The highest BCUT2D eigenvalue weighted by molar-refractivity contribution is 9.10. The summed E-state index contributed by atoms with van der Waals surface area (Å²) in [4.78, 5) is 0. The summed E-state index contributed by atoms with van der Waals surface area (Å²) in [5.74, 6) is -1.86. The summed E-state index contributed by atoms with van der Waals surface area (Å²) in [6, 6.07) is 0.248. The number of halogens is 3. The van der Waals surface area contributed by atoms with E-state index >= 15 is 0 Å². The fraction of sp³-hybridized carbons (Fsp3) is 0.455. The number of hydrogen-bond acceptors (Lipinski definition) is 2. The van der Waals surface area contributed by atoms with E-state index in [4.69, 9.17) is 5.73 Å². The summed E-state index contributed by atoms with van der Waals surface area (Å²) in [5.41, 5.74) is 5.66. The Balaban J connectivity index is 2.36. The summed E-state index contributed by atoms with van der Waals surface area (Å²) in [5, 5.41) is 9.67. The standard InChI is InChI=1S/C11H12BrF2NO/c12-6-4-7(13)10(14)9(11(6)16)8(15)3-5-1-2-5/h4-5,8,16H,1-3,15H2/t8-/m1/s1. The number of phenolic OH excluding ortho intramolecular Hbond substituents is 1. The van der Waals surface area contributed by atoms with Crippen molar-refractivity contribution in [1.82, 2.24) is 0 Å². The molecule has 0 aliphatic heterocycles. The lowest BCUT2D eigenvalue weighted by atomic mass is 10.0. The van der Waals surface area contributed by atoms with E-state index in [9.17, 15) is 13.9 Å². The first-order valence-corrected chi connectivity index (χ1v) is 5.92. The summed E-state index contributed by atoms with van der Waals surface area (Å²) < 4.78 is 26.8. The monoisotopic (exact) mass is 291 g/mol. The number of aromatic hydroxyl groups is 1. The van der Waals surface area contributed by atoms with Crippen molar-refractivity contribution in [3.05, 3.63) is 27.7 Å². The molecule has 0 radical (unpaired) electrons. The Labute approximate surface area is 101 Å². The van der Waals surface area contributed by atoms with Crippen molar-refractivity contribution in [3.8, 4) is 5.75 Å². The molecule has 0 spiro atoms. The van der Waals surface area contributed by atoms with Crippen LogP contribution in [0.1, 0.15) is 30.9 Å². The van der Waals surface area contributed by atoms with E-state index in [2.05, 4.69) is 15.9 Å². The van der Waals surface area contributed by atoms with Crippen molar-refractivity contribution in [1.29, 1.82) is 0 Å². The Bertz CT molecular complexity index is 395. The minimum absolute atomic E-state index is 0.126. The molecule has 0 aromatic heterocycles. The molecule has 5 heteroatoms. The van der Waals surface area contributed by atoms with Gasteiger partial charge in [0.1, 0.15) is 5.75 Å². The maximum atomic E-state index is 13.5. The van der Waals surface area contributed by atoms with E-state index in [0.717, 1.165) is 18.9 Å². The van der Waals surface area contributed by atoms with Crippen molar-refractivity contribution in [2.75, 3.05) is 0 Å². The predicted molar refractivity (Wildman–Crippen MR) is 60.0 cm³/mol. The highest BCUT2D eigenvalue weighted by atomic mass is 79.9. The largest absolute Gasteiger partial charge is 0.506 e. The Morgan fingerprint density at radius 3 is 2.69 bits per heavy atom. The van der Waals surface area contributed by atoms with E-state index in [0.29, 0.717) is 12.3 Å². The first kappa shape index (κ1) is 11.8. The molecule has 1 aromatic carbocycles. The third-order valence-electron chi connectivity index (χ3n) is 2.84. The minimum atomic E-state index is -1.05. The average molecular weight is 292 g/mol. The molecule has 16 heavy (non-hydrogen) atoms. The van der Waals surface area contributed by atoms with Crippen LogP contribution in [0.4, 0.5) is 8.78 Å². The molecule has 3 N–H and O–H groups in total. The van der Waals surface area contributed by atoms with Gasteiger partial charge in [-0.25, -0.2) is 8.78 Å². The van der Waals surface area contributed by atoms with Gasteiger partial charge in [-0.3, -0.25) is 0 Å². The Morgan fingerprint density at radius 2 is 2.12 bits per heavy atom. The molecular formula is C11H12BrF2NO. The van der Waals surface area contributed by atoms with Gasteiger partial charge in [0.05, 0.1) is 10.0 Å². The highest BCUT2D eigenvalue weighted by Gasteiger charge is 2.29. The van der Waals surface area contributed by atoms with Crippen LogP contribution in [-0.2, 0) is 0 Å². The van der Waals surface area contributed by atoms with Crippen LogP contribution in [0.15, 0.2) is 10.5 Å². The van der Waals surface area contributed by atoms with Gasteiger partial charge in [0, 0.05) is 6.04 Å². The van der Waals surface area contributed by atoms with Crippen molar-refractivity contribution in [2.24, 2.45) is 11.7 Å². The molecule has 1 fully saturated rings. The third kappa shape index (κ3) is 2.20. The molecule has 0 heterocycles. The quantitative estimate of drug-likeness (QED) is 0.840. The van der Waals surface area contributed by atoms with Gasteiger partial charge in [-0.05, 0) is 34.3 Å². The van der Waals surface area contributed by atoms with E-state index in [1.807, 2.05) is 0 Å². The second-order valence-corrected chi connectivity index (χ2v) is 5.06. The molecule has 1 aromatic rings. The normalized spacial score (nSPS) is 17.5. The lowest BCUT2D eigenvalue weighted by Crippen LogP contribution is -2.14. The van der Waals surface area contributed by atoms with Crippen LogP contribution < -0.4 is 5.73 Å². The molecule has 88 valence electrons. The van der Waals surface area contributed by atoms with Gasteiger partial charge in [-0.1, -0.05) is 12.8 Å². The Kier molecular flexibility index (Phi) is 3.17. The van der Waals surface area contributed by atoms with Crippen LogP contribution >= 0.6 is 15.9 Å². The lowest BCUT2D eigenvalue weighted by molar-refractivity contribution is 0.420. The number of phenols is 1. The van der Waals surface area contributed by atoms with Gasteiger partial charge >= 0.3 is 0 Å². The van der Waals surface area contributed by atoms with Gasteiger partial charge in [-0.2, -0.15) is 0 Å². The minimum Gasteiger partial charge on any atom is -0.506 e. The molecule has 2 nitrogen and oxygen atoms in total. The van der Waals surface area contributed by atoms with Crippen LogP contribution in [0.5, 0.6) is 5.75 Å². The Hall–Kier alpha value is -0.680. The van der Waals surface area contributed by atoms with E-state index < -0.39 is 17.7 Å². The van der Waals surface area contributed by atoms with Gasteiger partial charge in [0.25, 0.3) is 0 Å². The van der Waals surface area contributed by atoms with Crippen LogP contribution in [0.2, 0.25) is 0 Å². The molecule has 0 bridgehead atoms. The van der Waals surface area contributed by atoms with Gasteiger partial charge in [0.2, 0.25) is 0 Å². The molecule has 1 aliphatic carbocycles. The number of benzene rings is 1. The summed E-state index contributed by atoms with van der Waals surface area (Å²) in [6.45, 7) is 0. The topological polar surface area (TPSA) is 46.2 Å². The highest BCUT2D eigenvalue weighted by Crippen LogP contribution is 2.41. The average Bonchev–Trinajstić information content (AvgIpc) is 2.99. The number of hydrogen-bond donors (Lipinski definition) is 2. The molecular weight excluding hydrogens is 280 g/mol. The molecule has 1 aliphatic rings. The molecule has 0 amide bonds. The fourth-order valence-corrected chi connectivity index (χ4v) is 2.19. The van der Waals surface area contributed by atoms with Crippen molar-refractivity contribution >= 4 is 15.9 Å². The van der Waals surface area contributed by atoms with E-state index in [1.165, 1.54) is 0 Å². The van der Waals surface area contributed by atoms with Crippen molar-refractivity contribution in [2.45, 2.75) is 25.3 Å². The molecule has 1 saturated carbocycles. The SMILES string of the molecule is N[C@H](CC1CC1)c1c(O)c(Br)cc(F)c1F. The molecule has 0 unspecified atom stereocenters. The van der Waals surface area contributed by atoms with Gasteiger partial charge < -0.3 is 10.8 Å². The second-order valence-electron chi connectivity index (χ2n) is 4.20. The molecule has 1 atom stereocenters. The van der Waals surface area contributed by atoms with Gasteiger partial charge in [-0.15, -0.1) is 0 Å². The van der Waals surface area contributed by atoms with Crippen LogP contribution in [0.3, 0.4) is 0 Å². The van der Waals surface area contributed by atoms with E-state index in [-0.39, 0.29) is 15.8 Å². The Morgan fingerprint density at radius 1 is 1.50 bits per heavy atom. The zero-order chi connectivity index (χ0) is 11.9. The third-order valence-corrected chi connectivity index (χ3v) is 3.44. The second kappa shape index (κ2) is 4.30. The van der Waals surface area contributed by atoms with Gasteiger partial charge in [0.15, 0.2) is 11.6 Å². The maximum Gasteiger partial charge on any atom is 0.167 e. The summed E-state index contributed by atoms with van der Waals surface area (Å²) >= 11 is 2.97. The smallest absolute Gasteiger partial charge is 0.167 e. The fourth-order valence-electron chi connectivity index (χ4n) is 1.77. The zero-order valence-electron chi connectivity index (χ0n) is 8.51. The first-order valence-electron chi connectivity index (χ1n) is 5.12. The lowest BCUT2D eigenvalue weighted by Gasteiger charge is -2.15. The summed E-state index contributed by atoms with van der Waals surface area (Å²) in [6.07, 6.45) is 2.74. The number of rotatable bonds is 3. The van der Waals surface area contributed by atoms with Crippen LogP contribution in [-0.4, -0.2) is 5.11 Å². The predicted octanol–water partition coefficient (Wildman–Crippen LogP) is 3.23. The maximum absolute atomic E-state index is 13.5. The number of nitrogens with two attached hydrogens (primary N) is 1. The van der Waals surface area contributed by atoms with Crippen molar-refractivity contribution in [3.63, 3.8) is 0 Å².